The zero-order valence-corrected chi connectivity index (χ0v) is 5.60. The zero-order valence-electron chi connectivity index (χ0n) is 3.60. The maximum Gasteiger partial charge on any atom is 0.0991 e. The summed E-state index contributed by atoms with van der Waals surface area (Å²) >= 11 is 0. The topological polar surface area (TPSA) is 46.2 Å². The Bertz CT molecular complexity index is 14.4. The fraction of sp³-hybridized carbons (Fsp3) is 1.00. The van der Waals surface area contributed by atoms with Gasteiger partial charge in [-0.05, 0) is 6.92 Å². The molecule has 0 aliphatic heterocycles. The van der Waals surface area contributed by atoms with E-state index in [1.54, 1.807) is 0 Å². The maximum atomic E-state index is 7.83. The van der Waals surface area contributed by atoms with E-state index in [2.05, 4.69) is 5.73 Å². The minimum Gasteiger partial charge on any atom is -0.379 e. The molecule has 0 saturated carbocycles. The van der Waals surface area contributed by atoms with Crippen molar-refractivity contribution < 1.29 is 5.11 Å². The van der Waals surface area contributed by atoms with Gasteiger partial charge in [0.05, 0.1) is 6.23 Å². The van der Waals surface area contributed by atoms with Gasteiger partial charge in [-0.15, -0.1) is 0 Å². The number of hydrogen-bond acceptors (Lipinski definition) is 2. The first-order valence-corrected chi connectivity index (χ1v) is 1.17. The van der Waals surface area contributed by atoms with Gasteiger partial charge >= 0.3 is 0 Å². The van der Waals surface area contributed by atoms with Gasteiger partial charge in [-0.2, -0.15) is 0 Å². The first kappa shape index (κ1) is 9.33. The standard InChI is InChI=1S/C2H7NO.Na/c1-2(3)4;/h2,4H,3H2,1H3;. The van der Waals surface area contributed by atoms with E-state index >= 15 is 0 Å². The first-order chi connectivity index (χ1) is 1.73. The molecule has 0 aromatic rings. The van der Waals surface area contributed by atoms with E-state index in [9.17, 15) is 0 Å². The minimum absolute atomic E-state index is 0. The molecule has 2 nitrogen and oxygen atoms in total. The third-order valence-electron chi connectivity index (χ3n) is 0. The third kappa shape index (κ3) is 49.6. The summed E-state index contributed by atoms with van der Waals surface area (Å²) in [5.74, 6) is 0. The predicted molar refractivity (Wildman–Crippen MR) is 21.6 cm³/mol. The van der Waals surface area contributed by atoms with Crippen LogP contribution in [0.5, 0.6) is 0 Å². The van der Waals surface area contributed by atoms with E-state index in [0.29, 0.717) is 0 Å². The Kier molecular flexibility index (Phi) is 9.18. The molecule has 0 aromatic carbocycles. The van der Waals surface area contributed by atoms with E-state index in [1.165, 1.54) is 6.92 Å². The molecule has 0 fully saturated rings. The average Bonchev–Trinajstić information content (AvgIpc) is 0.811. The number of aliphatic hydroxyl groups excluding tert-OH is 1. The monoisotopic (exact) mass is 84.0 g/mol. The van der Waals surface area contributed by atoms with Crippen LogP contribution in [0.25, 0.3) is 0 Å². The molecule has 3 N–H and O–H groups in total. The summed E-state index contributed by atoms with van der Waals surface area (Å²) in [7, 11) is 0. The van der Waals surface area contributed by atoms with Crippen LogP contribution in [0, 0.1) is 0 Å². The second-order valence-electron chi connectivity index (χ2n) is 0.741. The van der Waals surface area contributed by atoms with Crippen LogP contribution in [-0.2, 0) is 0 Å². The van der Waals surface area contributed by atoms with Gasteiger partial charge in [0, 0.05) is 29.6 Å². The number of aliphatic hydroxyl groups is 1. The van der Waals surface area contributed by atoms with E-state index in [0.717, 1.165) is 0 Å². The Morgan fingerprint density at radius 1 is 1.80 bits per heavy atom. The summed E-state index contributed by atoms with van der Waals surface area (Å²) < 4.78 is 0. The van der Waals surface area contributed by atoms with Crippen molar-refractivity contribution in [2.24, 2.45) is 5.73 Å². The van der Waals surface area contributed by atoms with Gasteiger partial charge < -0.3 is 10.8 Å². The average molecular weight is 84.1 g/mol. The van der Waals surface area contributed by atoms with Gasteiger partial charge in [0.25, 0.3) is 0 Å². The van der Waals surface area contributed by atoms with Gasteiger partial charge in [0.2, 0.25) is 0 Å². The molecule has 3 heteroatoms. The van der Waals surface area contributed by atoms with Crippen LogP contribution in [0.3, 0.4) is 0 Å². The van der Waals surface area contributed by atoms with E-state index in [4.69, 9.17) is 5.11 Å². The molecule has 5 heavy (non-hydrogen) atoms. The molecule has 0 spiro atoms. The van der Waals surface area contributed by atoms with E-state index in [1.807, 2.05) is 0 Å². The summed E-state index contributed by atoms with van der Waals surface area (Å²) in [4.78, 5) is 0. The molecule has 27 valence electrons. The van der Waals surface area contributed by atoms with Crippen LogP contribution in [0.2, 0.25) is 0 Å². The first-order valence-electron chi connectivity index (χ1n) is 1.17. The van der Waals surface area contributed by atoms with Crippen LogP contribution in [-0.4, -0.2) is 40.9 Å². The van der Waals surface area contributed by atoms with Crippen molar-refractivity contribution in [2.45, 2.75) is 13.2 Å². The Labute approximate surface area is 53.7 Å². The van der Waals surface area contributed by atoms with Crippen LogP contribution >= 0.6 is 0 Å². The number of rotatable bonds is 0. The Hall–Kier alpha value is 0.920. The van der Waals surface area contributed by atoms with Crippen molar-refractivity contribution in [2.75, 3.05) is 0 Å². The van der Waals surface area contributed by atoms with Crippen molar-refractivity contribution in [3.05, 3.63) is 0 Å². The molecule has 0 rings (SSSR count). The number of hydrogen-bond donors (Lipinski definition) is 2. The van der Waals surface area contributed by atoms with Gasteiger partial charge in [0.15, 0.2) is 0 Å². The third-order valence-corrected chi connectivity index (χ3v) is 0. The van der Waals surface area contributed by atoms with Crippen LogP contribution < -0.4 is 5.73 Å². The van der Waals surface area contributed by atoms with Crippen molar-refractivity contribution in [1.82, 2.24) is 0 Å². The molecule has 0 heterocycles. The summed E-state index contributed by atoms with van der Waals surface area (Å²) in [5.41, 5.74) is 4.67. The molecular formula is C2H7NNaO. The summed E-state index contributed by atoms with van der Waals surface area (Å²) in [6.07, 6.45) is -0.667. The van der Waals surface area contributed by atoms with Crippen molar-refractivity contribution in [3.8, 4) is 0 Å². The van der Waals surface area contributed by atoms with E-state index in [-0.39, 0.29) is 29.6 Å². The smallest absolute Gasteiger partial charge is 0.0991 e. The SMILES string of the molecule is CC(N)O.[Na]. The minimum atomic E-state index is -0.667. The van der Waals surface area contributed by atoms with Crippen molar-refractivity contribution in [1.29, 1.82) is 0 Å². The molecule has 1 unspecified atom stereocenters. The molecule has 0 aliphatic rings. The van der Waals surface area contributed by atoms with Gasteiger partial charge in [-0.25, -0.2) is 0 Å². The molecule has 1 atom stereocenters. The van der Waals surface area contributed by atoms with Gasteiger partial charge in [-0.3, -0.25) is 0 Å². The van der Waals surface area contributed by atoms with Gasteiger partial charge in [-0.1, -0.05) is 0 Å². The number of nitrogens with two attached hydrogens (primary N) is 1. The molecule has 0 bridgehead atoms. The fourth-order valence-electron chi connectivity index (χ4n) is 0. The summed E-state index contributed by atoms with van der Waals surface area (Å²) in [6, 6.07) is 0. The molecule has 0 aliphatic carbocycles. The Morgan fingerprint density at radius 3 is 1.80 bits per heavy atom. The maximum absolute atomic E-state index is 7.83. The van der Waals surface area contributed by atoms with Crippen molar-refractivity contribution >= 4 is 29.6 Å². The largest absolute Gasteiger partial charge is 0.379 e. The fourth-order valence-corrected chi connectivity index (χ4v) is 0. The molecule has 0 amide bonds. The van der Waals surface area contributed by atoms with Gasteiger partial charge in [0.1, 0.15) is 0 Å². The summed E-state index contributed by atoms with van der Waals surface area (Å²) in [5, 5.41) is 7.83. The molecular weight excluding hydrogens is 77.0 g/mol. The molecule has 0 aromatic heterocycles. The van der Waals surface area contributed by atoms with E-state index < -0.39 is 6.23 Å². The second kappa shape index (κ2) is 4.92. The van der Waals surface area contributed by atoms with Crippen LogP contribution in [0.15, 0.2) is 0 Å². The van der Waals surface area contributed by atoms with Crippen LogP contribution in [0.4, 0.5) is 0 Å². The quantitative estimate of drug-likeness (QED) is 0.289. The summed E-state index contributed by atoms with van der Waals surface area (Å²) in [6.45, 7) is 1.50. The molecule has 1 radical (unpaired) electrons. The van der Waals surface area contributed by atoms with Crippen molar-refractivity contribution in [3.63, 3.8) is 0 Å². The normalized spacial score (nSPS) is 12.6. The Morgan fingerprint density at radius 2 is 1.80 bits per heavy atom. The molecule has 0 saturated heterocycles. The predicted octanol–water partition coefficient (Wildman–Crippen LogP) is -1.10. The Balaban J connectivity index is 0. The second-order valence-corrected chi connectivity index (χ2v) is 0.741. The zero-order chi connectivity index (χ0) is 3.58. The van der Waals surface area contributed by atoms with Crippen LogP contribution in [0.1, 0.15) is 6.92 Å².